The standard InChI is InChI=1S/C15H16N2O2/c1-11(2)16-14-10-6-9-13(17-14)15(18)19-12-7-4-3-5-8-12/h3-11H,1-2H3,(H,16,17). The molecule has 0 aliphatic carbocycles. The molecule has 1 N–H and O–H groups in total. The van der Waals surface area contributed by atoms with E-state index in [9.17, 15) is 4.79 Å². The number of esters is 1. The molecular weight excluding hydrogens is 240 g/mol. The predicted octanol–water partition coefficient (Wildman–Crippen LogP) is 3.12. The molecule has 0 bridgehead atoms. The van der Waals surface area contributed by atoms with E-state index in [1.807, 2.05) is 38.1 Å². The third-order valence-electron chi connectivity index (χ3n) is 2.35. The SMILES string of the molecule is CC(C)Nc1cccc(C(=O)Oc2ccccc2)n1. The van der Waals surface area contributed by atoms with Crippen LogP contribution >= 0.6 is 0 Å². The Kier molecular flexibility index (Phi) is 4.13. The van der Waals surface area contributed by atoms with Crippen molar-refractivity contribution < 1.29 is 9.53 Å². The van der Waals surface area contributed by atoms with Gasteiger partial charge < -0.3 is 10.1 Å². The number of carbonyl (C=O) groups is 1. The van der Waals surface area contributed by atoms with Crippen LogP contribution in [0.25, 0.3) is 0 Å². The molecule has 0 saturated heterocycles. The molecule has 4 heteroatoms. The summed E-state index contributed by atoms with van der Waals surface area (Å²) in [6.45, 7) is 4.02. The highest BCUT2D eigenvalue weighted by Crippen LogP contribution is 2.12. The predicted molar refractivity (Wildman–Crippen MR) is 74.4 cm³/mol. The van der Waals surface area contributed by atoms with E-state index in [0.29, 0.717) is 11.6 Å². The monoisotopic (exact) mass is 256 g/mol. The highest BCUT2D eigenvalue weighted by Gasteiger charge is 2.10. The van der Waals surface area contributed by atoms with E-state index >= 15 is 0 Å². The van der Waals surface area contributed by atoms with E-state index in [1.54, 1.807) is 24.3 Å². The molecular formula is C15H16N2O2. The molecule has 0 radical (unpaired) electrons. The number of anilines is 1. The molecule has 0 aliphatic rings. The Bertz CT molecular complexity index is 553. The minimum atomic E-state index is -0.460. The molecule has 0 atom stereocenters. The summed E-state index contributed by atoms with van der Waals surface area (Å²) >= 11 is 0. The van der Waals surface area contributed by atoms with Crippen LogP contribution in [0.1, 0.15) is 24.3 Å². The van der Waals surface area contributed by atoms with Gasteiger partial charge in [-0.15, -0.1) is 0 Å². The van der Waals surface area contributed by atoms with Crippen LogP contribution in [0.5, 0.6) is 5.75 Å². The molecule has 1 aromatic carbocycles. The Morgan fingerprint density at radius 3 is 2.53 bits per heavy atom. The summed E-state index contributed by atoms with van der Waals surface area (Å²) in [6, 6.07) is 14.4. The van der Waals surface area contributed by atoms with Gasteiger partial charge in [0.25, 0.3) is 0 Å². The first kappa shape index (κ1) is 13.1. The fourth-order valence-electron chi connectivity index (χ4n) is 1.57. The minimum Gasteiger partial charge on any atom is -0.422 e. The zero-order chi connectivity index (χ0) is 13.7. The van der Waals surface area contributed by atoms with Crippen molar-refractivity contribution in [3.05, 3.63) is 54.2 Å². The minimum absolute atomic E-state index is 0.257. The van der Waals surface area contributed by atoms with Gasteiger partial charge in [0.15, 0.2) is 5.69 Å². The van der Waals surface area contributed by atoms with Gasteiger partial charge in [-0.3, -0.25) is 0 Å². The lowest BCUT2D eigenvalue weighted by molar-refractivity contribution is 0.0729. The van der Waals surface area contributed by atoms with Crippen molar-refractivity contribution in [2.75, 3.05) is 5.32 Å². The molecule has 19 heavy (non-hydrogen) atoms. The zero-order valence-corrected chi connectivity index (χ0v) is 11.0. The van der Waals surface area contributed by atoms with Crippen LogP contribution in [-0.4, -0.2) is 17.0 Å². The third-order valence-corrected chi connectivity index (χ3v) is 2.35. The fraction of sp³-hybridized carbons (Fsp3) is 0.200. The van der Waals surface area contributed by atoms with E-state index in [2.05, 4.69) is 10.3 Å². The van der Waals surface area contributed by atoms with Gasteiger partial charge in [-0.05, 0) is 38.1 Å². The lowest BCUT2D eigenvalue weighted by Gasteiger charge is -2.09. The van der Waals surface area contributed by atoms with Gasteiger partial charge in [-0.25, -0.2) is 9.78 Å². The smallest absolute Gasteiger partial charge is 0.362 e. The molecule has 98 valence electrons. The van der Waals surface area contributed by atoms with Crippen LogP contribution in [-0.2, 0) is 0 Å². The Balaban J connectivity index is 2.11. The second-order valence-electron chi connectivity index (χ2n) is 4.41. The van der Waals surface area contributed by atoms with Gasteiger partial charge in [0, 0.05) is 6.04 Å². The molecule has 1 aromatic heterocycles. The second-order valence-corrected chi connectivity index (χ2v) is 4.41. The average Bonchev–Trinajstić information content (AvgIpc) is 2.39. The number of para-hydroxylation sites is 1. The summed E-state index contributed by atoms with van der Waals surface area (Å²) in [5.74, 6) is 0.715. The zero-order valence-electron chi connectivity index (χ0n) is 11.0. The molecule has 0 spiro atoms. The number of ether oxygens (including phenoxy) is 1. The molecule has 0 aliphatic heterocycles. The van der Waals surface area contributed by atoms with Crippen molar-refractivity contribution in [1.82, 2.24) is 4.98 Å². The molecule has 0 amide bonds. The Morgan fingerprint density at radius 1 is 1.11 bits per heavy atom. The number of nitrogens with zero attached hydrogens (tertiary/aromatic N) is 1. The number of hydrogen-bond acceptors (Lipinski definition) is 4. The number of hydrogen-bond donors (Lipinski definition) is 1. The number of benzene rings is 1. The summed E-state index contributed by atoms with van der Waals surface area (Å²) in [5, 5.41) is 3.14. The van der Waals surface area contributed by atoms with Gasteiger partial charge in [-0.2, -0.15) is 0 Å². The Morgan fingerprint density at radius 2 is 1.84 bits per heavy atom. The van der Waals surface area contributed by atoms with Crippen LogP contribution in [0, 0.1) is 0 Å². The maximum absolute atomic E-state index is 11.9. The first-order valence-corrected chi connectivity index (χ1v) is 6.16. The molecule has 0 fully saturated rings. The topological polar surface area (TPSA) is 51.2 Å². The first-order chi connectivity index (χ1) is 9.15. The molecule has 1 heterocycles. The van der Waals surface area contributed by atoms with Crippen LogP contribution in [0.4, 0.5) is 5.82 Å². The number of nitrogens with one attached hydrogen (secondary N) is 1. The van der Waals surface area contributed by atoms with Crippen LogP contribution in [0.3, 0.4) is 0 Å². The van der Waals surface area contributed by atoms with E-state index in [4.69, 9.17) is 4.74 Å². The first-order valence-electron chi connectivity index (χ1n) is 6.16. The average molecular weight is 256 g/mol. The molecule has 0 saturated carbocycles. The van der Waals surface area contributed by atoms with Gasteiger partial charge in [0.1, 0.15) is 11.6 Å². The number of carbonyl (C=O) groups excluding carboxylic acids is 1. The maximum atomic E-state index is 11.9. The molecule has 2 rings (SSSR count). The van der Waals surface area contributed by atoms with Gasteiger partial charge >= 0.3 is 5.97 Å². The van der Waals surface area contributed by atoms with Crippen molar-refractivity contribution in [3.63, 3.8) is 0 Å². The van der Waals surface area contributed by atoms with Crippen molar-refractivity contribution in [2.24, 2.45) is 0 Å². The fourth-order valence-corrected chi connectivity index (χ4v) is 1.57. The highest BCUT2D eigenvalue weighted by molar-refractivity contribution is 5.89. The summed E-state index contributed by atoms with van der Waals surface area (Å²) in [7, 11) is 0. The van der Waals surface area contributed by atoms with Gasteiger partial charge in [-0.1, -0.05) is 24.3 Å². The van der Waals surface area contributed by atoms with Gasteiger partial charge in [0.2, 0.25) is 0 Å². The largest absolute Gasteiger partial charge is 0.422 e. The third kappa shape index (κ3) is 3.81. The lowest BCUT2D eigenvalue weighted by atomic mass is 10.3. The summed E-state index contributed by atoms with van der Waals surface area (Å²) < 4.78 is 5.23. The van der Waals surface area contributed by atoms with E-state index in [-0.39, 0.29) is 11.7 Å². The molecule has 0 unspecified atom stereocenters. The molecule has 2 aromatic rings. The second kappa shape index (κ2) is 6.00. The van der Waals surface area contributed by atoms with Crippen LogP contribution in [0.15, 0.2) is 48.5 Å². The summed E-state index contributed by atoms with van der Waals surface area (Å²) in [4.78, 5) is 16.2. The normalized spacial score (nSPS) is 10.3. The van der Waals surface area contributed by atoms with Crippen molar-refractivity contribution in [3.8, 4) is 5.75 Å². The van der Waals surface area contributed by atoms with Crippen LogP contribution in [0.2, 0.25) is 0 Å². The van der Waals surface area contributed by atoms with Crippen molar-refractivity contribution in [1.29, 1.82) is 0 Å². The maximum Gasteiger partial charge on any atom is 0.362 e. The number of aromatic nitrogens is 1. The van der Waals surface area contributed by atoms with Gasteiger partial charge in [0.05, 0.1) is 0 Å². The Hall–Kier alpha value is -2.36. The number of rotatable bonds is 4. The van der Waals surface area contributed by atoms with Crippen molar-refractivity contribution >= 4 is 11.8 Å². The Labute approximate surface area is 112 Å². The van der Waals surface area contributed by atoms with E-state index in [0.717, 1.165) is 0 Å². The number of pyridine rings is 1. The van der Waals surface area contributed by atoms with Crippen molar-refractivity contribution in [2.45, 2.75) is 19.9 Å². The van der Waals surface area contributed by atoms with E-state index in [1.165, 1.54) is 0 Å². The van der Waals surface area contributed by atoms with Crippen LogP contribution < -0.4 is 10.1 Å². The summed E-state index contributed by atoms with van der Waals surface area (Å²) in [6.07, 6.45) is 0. The highest BCUT2D eigenvalue weighted by atomic mass is 16.5. The summed E-state index contributed by atoms with van der Waals surface area (Å²) in [5.41, 5.74) is 0.287. The molecule has 4 nitrogen and oxygen atoms in total. The van der Waals surface area contributed by atoms with E-state index < -0.39 is 5.97 Å². The quantitative estimate of drug-likeness (QED) is 0.674. The lowest BCUT2D eigenvalue weighted by Crippen LogP contribution is -2.15.